The SMILES string of the molecule is CN(C)C(=O)CN1CCCN(C(=O)Cn2nc3n(c2=O)CCCCC3)CC1. The molecule has 1 saturated heterocycles. The van der Waals surface area contributed by atoms with Crippen molar-refractivity contribution < 1.29 is 9.59 Å². The first-order valence-electron chi connectivity index (χ1n) is 9.82. The second-order valence-corrected chi connectivity index (χ2v) is 7.62. The monoisotopic (exact) mass is 378 g/mol. The molecule has 0 saturated carbocycles. The summed E-state index contributed by atoms with van der Waals surface area (Å²) in [5, 5.41) is 4.40. The normalized spacial score (nSPS) is 18.5. The van der Waals surface area contributed by atoms with Gasteiger partial charge in [-0.3, -0.25) is 19.1 Å². The molecule has 2 aliphatic heterocycles. The van der Waals surface area contributed by atoms with E-state index in [1.807, 2.05) is 0 Å². The minimum atomic E-state index is -0.173. The maximum Gasteiger partial charge on any atom is 0.346 e. The molecule has 3 rings (SSSR count). The Morgan fingerprint density at radius 2 is 1.78 bits per heavy atom. The maximum absolute atomic E-state index is 12.7. The number of aromatic nitrogens is 3. The molecule has 2 amide bonds. The number of hydrogen-bond acceptors (Lipinski definition) is 5. The number of carbonyl (C=O) groups excluding carboxylic acids is 2. The minimum absolute atomic E-state index is 0.00450. The molecule has 1 fully saturated rings. The molecular weight excluding hydrogens is 348 g/mol. The van der Waals surface area contributed by atoms with Gasteiger partial charge in [0.2, 0.25) is 11.8 Å². The Morgan fingerprint density at radius 3 is 2.56 bits per heavy atom. The van der Waals surface area contributed by atoms with Gasteiger partial charge in [0.15, 0.2) is 0 Å². The number of amides is 2. The highest BCUT2D eigenvalue weighted by molar-refractivity contribution is 5.78. The third-order valence-electron chi connectivity index (χ3n) is 5.37. The largest absolute Gasteiger partial charge is 0.348 e. The summed E-state index contributed by atoms with van der Waals surface area (Å²) in [5.74, 6) is 0.793. The highest BCUT2D eigenvalue weighted by Gasteiger charge is 2.23. The van der Waals surface area contributed by atoms with Crippen molar-refractivity contribution in [3.63, 3.8) is 0 Å². The Hall–Kier alpha value is -2.16. The van der Waals surface area contributed by atoms with E-state index in [4.69, 9.17) is 0 Å². The highest BCUT2D eigenvalue weighted by Crippen LogP contribution is 2.10. The standard InChI is InChI=1S/C18H30N6O3/c1-20(2)16(25)13-21-8-6-9-22(12-11-21)17(26)14-24-18(27)23-10-5-3-4-7-15(23)19-24/h3-14H2,1-2H3. The van der Waals surface area contributed by atoms with Crippen LogP contribution in [-0.2, 0) is 29.1 Å². The lowest BCUT2D eigenvalue weighted by molar-refractivity contribution is -0.132. The molecular formula is C18H30N6O3. The molecule has 0 N–H and O–H groups in total. The van der Waals surface area contributed by atoms with Crippen molar-refractivity contribution in [2.45, 2.75) is 45.2 Å². The summed E-state index contributed by atoms with van der Waals surface area (Å²) in [4.78, 5) is 42.6. The van der Waals surface area contributed by atoms with Crippen molar-refractivity contribution >= 4 is 11.8 Å². The van der Waals surface area contributed by atoms with Crippen LogP contribution < -0.4 is 5.69 Å². The topological polar surface area (TPSA) is 83.7 Å². The number of rotatable bonds is 4. The molecule has 0 aromatic carbocycles. The number of nitrogens with zero attached hydrogens (tertiary/aromatic N) is 6. The fraction of sp³-hybridized carbons (Fsp3) is 0.778. The molecule has 1 aromatic rings. The molecule has 27 heavy (non-hydrogen) atoms. The zero-order valence-corrected chi connectivity index (χ0v) is 16.4. The van der Waals surface area contributed by atoms with E-state index >= 15 is 0 Å². The Balaban J connectivity index is 1.59. The summed E-state index contributed by atoms with van der Waals surface area (Å²) in [6.07, 6.45) is 4.76. The molecule has 3 heterocycles. The van der Waals surface area contributed by atoms with Gasteiger partial charge in [0.05, 0.1) is 6.54 Å². The first kappa shape index (κ1) is 19.6. The van der Waals surface area contributed by atoms with Crippen LogP contribution >= 0.6 is 0 Å². The molecule has 9 heteroatoms. The Morgan fingerprint density at radius 1 is 0.963 bits per heavy atom. The van der Waals surface area contributed by atoms with E-state index < -0.39 is 0 Å². The van der Waals surface area contributed by atoms with E-state index in [1.54, 1.807) is 28.5 Å². The van der Waals surface area contributed by atoms with Gasteiger partial charge in [-0.15, -0.1) is 0 Å². The van der Waals surface area contributed by atoms with Crippen LogP contribution in [0.2, 0.25) is 0 Å². The first-order valence-corrected chi connectivity index (χ1v) is 9.82. The third-order valence-corrected chi connectivity index (χ3v) is 5.37. The van der Waals surface area contributed by atoms with Crippen molar-refractivity contribution in [1.29, 1.82) is 0 Å². The van der Waals surface area contributed by atoms with Crippen LogP contribution in [0.3, 0.4) is 0 Å². The third kappa shape index (κ3) is 4.77. The highest BCUT2D eigenvalue weighted by atomic mass is 16.2. The van der Waals surface area contributed by atoms with Crippen LogP contribution in [0.4, 0.5) is 0 Å². The van der Waals surface area contributed by atoms with Crippen molar-refractivity contribution in [3.05, 3.63) is 16.3 Å². The predicted octanol–water partition coefficient (Wildman–Crippen LogP) is -0.606. The predicted molar refractivity (Wildman–Crippen MR) is 100 cm³/mol. The van der Waals surface area contributed by atoms with Gasteiger partial charge in [0, 0.05) is 53.2 Å². The number of aryl methyl sites for hydroxylation is 1. The van der Waals surface area contributed by atoms with Gasteiger partial charge in [-0.2, -0.15) is 5.10 Å². The molecule has 1 aromatic heterocycles. The van der Waals surface area contributed by atoms with Gasteiger partial charge >= 0.3 is 5.69 Å². The lowest BCUT2D eigenvalue weighted by Gasteiger charge is -2.22. The molecule has 9 nitrogen and oxygen atoms in total. The van der Waals surface area contributed by atoms with Crippen molar-refractivity contribution in [2.24, 2.45) is 0 Å². The molecule has 0 spiro atoms. The summed E-state index contributed by atoms with van der Waals surface area (Å²) < 4.78 is 3.04. The number of fused-ring (bicyclic) bond motifs is 1. The van der Waals surface area contributed by atoms with Crippen molar-refractivity contribution in [1.82, 2.24) is 29.0 Å². The van der Waals surface area contributed by atoms with Gasteiger partial charge in [-0.1, -0.05) is 6.42 Å². The van der Waals surface area contributed by atoms with Crippen molar-refractivity contribution in [3.8, 4) is 0 Å². The molecule has 0 bridgehead atoms. The van der Waals surface area contributed by atoms with E-state index in [0.29, 0.717) is 32.7 Å². The second kappa shape index (κ2) is 8.69. The van der Waals surface area contributed by atoms with Crippen LogP contribution in [0.15, 0.2) is 4.79 Å². The summed E-state index contributed by atoms with van der Waals surface area (Å²) in [7, 11) is 3.50. The van der Waals surface area contributed by atoms with Crippen LogP contribution in [0.5, 0.6) is 0 Å². The summed E-state index contributed by atoms with van der Waals surface area (Å²) in [6.45, 7) is 3.75. The number of carbonyl (C=O) groups is 2. The molecule has 0 aliphatic carbocycles. The quantitative estimate of drug-likeness (QED) is 0.698. The molecule has 2 aliphatic rings. The molecule has 0 radical (unpaired) electrons. The average Bonchev–Trinajstić information content (AvgIpc) is 2.87. The van der Waals surface area contributed by atoms with E-state index in [-0.39, 0.29) is 24.0 Å². The van der Waals surface area contributed by atoms with Gasteiger partial charge in [0.25, 0.3) is 0 Å². The van der Waals surface area contributed by atoms with E-state index in [2.05, 4.69) is 10.00 Å². The summed E-state index contributed by atoms with van der Waals surface area (Å²) in [6, 6.07) is 0. The molecule has 0 atom stereocenters. The van der Waals surface area contributed by atoms with Crippen LogP contribution in [0.25, 0.3) is 0 Å². The summed E-state index contributed by atoms with van der Waals surface area (Å²) in [5.41, 5.74) is -0.173. The Labute approximate surface area is 159 Å². The van der Waals surface area contributed by atoms with Gasteiger partial charge in [0.1, 0.15) is 12.4 Å². The van der Waals surface area contributed by atoms with E-state index in [9.17, 15) is 14.4 Å². The van der Waals surface area contributed by atoms with Crippen LogP contribution in [0, 0.1) is 0 Å². The van der Waals surface area contributed by atoms with Gasteiger partial charge in [-0.25, -0.2) is 9.48 Å². The smallest absolute Gasteiger partial charge is 0.346 e. The lowest BCUT2D eigenvalue weighted by Crippen LogP contribution is -2.41. The van der Waals surface area contributed by atoms with E-state index in [0.717, 1.165) is 44.5 Å². The zero-order valence-electron chi connectivity index (χ0n) is 16.4. The maximum atomic E-state index is 12.7. The van der Waals surface area contributed by atoms with E-state index in [1.165, 1.54) is 4.68 Å². The van der Waals surface area contributed by atoms with Crippen molar-refractivity contribution in [2.75, 3.05) is 46.8 Å². The summed E-state index contributed by atoms with van der Waals surface area (Å²) >= 11 is 0. The number of hydrogen-bond donors (Lipinski definition) is 0. The fourth-order valence-electron chi connectivity index (χ4n) is 3.67. The average molecular weight is 378 g/mol. The van der Waals surface area contributed by atoms with Crippen LogP contribution in [0.1, 0.15) is 31.5 Å². The molecule has 150 valence electrons. The lowest BCUT2D eigenvalue weighted by atomic mass is 10.2. The fourth-order valence-corrected chi connectivity index (χ4v) is 3.67. The van der Waals surface area contributed by atoms with Crippen LogP contribution in [-0.4, -0.2) is 87.7 Å². The molecule has 0 unspecified atom stereocenters. The van der Waals surface area contributed by atoms with Gasteiger partial charge in [-0.05, 0) is 19.3 Å². The zero-order chi connectivity index (χ0) is 19.4. The second-order valence-electron chi connectivity index (χ2n) is 7.62. The Kier molecular flexibility index (Phi) is 6.30. The Bertz CT molecular complexity index is 738. The van der Waals surface area contributed by atoms with Gasteiger partial charge < -0.3 is 9.80 Å². The number of likely N-dealkylation sites (N-methyl/N-ethyl adjacent to an activating group) is 1. The first-order chi connectivity index (χ1) is 13.0. The minimum Gasteiger partial charge on any atom is -0.348 e.